The monoisotopic (exact) mass is 414 g/mol. The van der Waals surface area contributed by atoms with Crippen molar-refractivity contribution in [1.29, 1.82) is 0 Å². The predicted octanol–water partition coefficient (Wildman–Crippen LogP) is 3.43. The summed E-state index contributed by atoms with van der Waals surface area (Å²) in [4.78, 5) is 23.7. The molecular weight excluding hydrogens is 388 g/mol. The highest BCUT2D eigenvalue weighted by Gasteiger charge is 2.18. The van der Waals surface area contributed by atoms with E-state index in [1.165, 1.54) is 5.56 Å². The topological polar surface area (TPSA) is 94.6 Å². The number of anilines is 2. The molecule has 8 heteroatoms. The smallest absolute Gasteiger partial charge is 0.206 e. The molecule has 4 aromatic rings. The van der Waals surface area contributed by atoms with Crippen LogP contribution < -0.4 is 10.6 Å². The lowest BCUT2D eigenvalue weighted by Crippen LogP contribution is -2.44. The number of nitrogens with one attached hydrogen (secondary N) is 3. The van der Waals surface area contributed by atoms with Crippen molar-refractivity contribution >= 4 is 22.8 Å². The Labute approximate surface area is 181 Å². The molecule has 0 bridgehead atoms. The summed E-state index contributed by atoms with van der Waals surface area (Å²) in [6, 6.07) is 12.6. The van der Waals surface area contributed by atoms with Crippen molar-refractivity contribution in [2.75, 3.05) is 31.5 Å². The van der Waals surface area contributed by atoms with Gasteiger partial charge in [-0.3, -0.25) is 4.90 Å². The predicted molar refractivity (Wildman–Crippen MR) is 122 cm³/mol. The minimum Gasteiger partial charge on any atom is -0.324 e. The number of fused-ring (bicyclic) bond motifs is 1. The highest BCUT2D eigenvalue weighted by molar-refractivity contribution is 5.83. The lowest BCUT2D eigenvalue weighted by Gasteiger charge is -2.33. The molecular formula is C23H26N8. The van der Waals surface area contributed by atoms with E-state index in [2.05, 4.69) is 65.6 Å². The Morgan fingerprint density at radius 3 is 2.68 bits per heavy atom. The van der Waals surface area contributed by atoms with Gasteiger partial charge in [-0.25, -0.2) is 19.9 Å². The molecule has 0 radical (unpaired) electrons. The van der Waals surface area contributed by atoms with E-state index in [1.807, 2.05) is 31.3 Å². The SMILES string of the molecule is Cc1nccc(-c2ccc3nc(Nc4cc(C(C)N5CCNCC5)ccn4)[nH]c3c2)n1. The van der Waals surface area contributed by atoms with Gasteiger partial charge in [-0.15, -0.1) is 0 Å². The summed E-state index contributed by atoms with van der Waals surface area (Å²) < 4.78 is 0. The second kappa shape index (κ2) is 8.41. The Balaban J connectivity index is 1.37. The van der Waals surface area contributed by atoms with E-state index < -0.39 is 0 Å². The summed E-state index contributed by atoms with van der Waals surface area (Å²) in [7, 11) is 0. The fraction of sp³-hybridized carbons (Fsp3) is 0.304. The fourth-order valence-corrected chi connectivity index (χ4v) is 4.02. The number of piperazine rings is 1. The van der Waals surface area contributed by atoms with E-state index in [1.54, 1.807) is 6.20 Å². The maximum Gasteiger partial charge on any atom is 0.206 e. The number of H-pyrrole nitrogens is 1. The molecule has 1 saturated heterocycles. The highest BCUT2D eigenvalue weighted by atomic mass is 15.2. The lowest BCUT2D eigenvalue weighted by atomic mass is 10.1. The van der Waals surface area contributed by atoms with E-state index in [4.69, 9.17) is 0 Å². The number of nitrogens with zero attached hydrogens (tertiary/aromatic N) is 5. The van der Waals surface area contributed by atoms with Gasteiger partial charge >= 0.3 is 0 Å². The zero-order valence-electron chi connectivity index (χ0n) is 17.8. The van der Waals surface area contributed by atoms with Gasteiger partial charge in [0.2, 0.25) is 5.95 Å². The molecule has 1 aromatic carbocycles. The van der Waals surface area contributed by atoms with Gasteiger partial charge in [-0.2, -0.15) is 0 Å². The first-order chi connectivity index (χ1) is 15.2. The van der Waals surface area contributed by atoms with Gasteiger partial charge in [0.1, 0.15) is 11.6 Å². The first kappa shape index (κ1) is 19.6. The summed E-state index contributed by atoms with van der Waals surface area (Å²) in [5, 5.41) is 6.73. The molecule has 0 saturated carbocycles. The van der Waals surface area contributed by atoms with Gasteiger partial charge in [-0.05, 0) is 49.7 Å². The third kappa shape index (κ3) is 4.26. The van der Waals surface area contributed by atoms with Crippen molar-refractivity contribution in [3.63, 3.8) is 0 Å². The van der Waals surface area contributed by atoms with E-state index in [0.717, 1.165) is 60.1 Å². The van der Waals surface area contributed by atoms with Crippen LogP contribution in [0.5, 0.6) is 0 Å². The van der Waals surface area contributed by atoms with Gasteiger partial charge in [-0.1, -0.05) is 6.07 Å². The molecule has 1 fully saturated rings. The maximum absolute atomic E-state index is 4.67. The average Bonchev–Trinajstić information content (AvgIpc) is 3.21. The molecule has 5 rings (SSSR count). The van der Waals surface area contributed by atoms with Gasteiger partial charge < -0.3 is 15.6 Å². The quantitative estimate of drug-likeness (QED) is 0.460. The molecule has 158 valence electrons. The van der Waals surface area contributed by atoms with Crippen LogP contribution in [0.3, 0.4) is 0 Å². The Bertz CT molecular complexity index is 1200. The fourth-order valence-electron chi connectivity index (χ4n) is 4.02. The number of rotatable bonds is 5. The molecule has 8 nitrogen and oxygen atoms in total. The number of hydrogen-bond donors (Lipinski definition) is 3. The van der Waals surface area contributed by atoms with Gasteiger partial charge in [0.25, 0.3) is 0 Å². The van der Waals surface area contributed by atoms with Crippen LogP contribution in [-0.4, -0.2) is 56.0 Å². The first-order valence-electron chi connectivity index (χ1n) is 10.6. The molecule has 4 heterocycles. The number of aryl methyl sites for hydroxylation is 1. The molecule has 0 aliphatic carbocycles. The van der Waals surface area contributed by atoms with Gasteiger partial charge in [0, 0.05) is 50.2 Å². The third-order valence-corrected chi connectivity index (χ3v) is 5.77. The minimum atomic E-state index is 0.347. The van der Waals surface area contributed by atoms with Crippen molar-refractivity contribution in [1.82, 2.24) is 35.1 Å². The van der Waals surface area contributed by atoms with Crippen molar-refractivity contribution in [3.8, 4) is 11.3 Å². The highest BCUT2D eigenvalue weighted by Crippen LogP contribution is 2.26. The first-order valence-corrected chi connectivity index (χ1v) is 10.6. The van der Waals surface area contributed by atoms with Gasteiger partial charge in [0.05, 0.1) is 16.7 Å². The van der Waals surface area contributed by atoms with Crippen LogP contribution in [-0.2, 0) is 0 Å². The molecule has 1 aliphatic rings. The standard InChI is InChI=1S/C23H26N8/c1-15(31-11-9-24-10-12-31)17-5-7-26-22(14-17)30-23-28-20-4-3-18(13-21(20)29-23)19-6-8-25-16(2)27-19/h3-8,13-15,24H,9-12H2,1-2H3,(H2,26,28,29,30). The molecule has 3 aromatic heterocycles. The van der Waals surface area contributed by atoms with E-state index in [0.29, 0.717) is 12.0 Å². The Morgan fingerprint density at radius 2 is 1.84 bits per heavy atom. The van der Waals surface area contributed by atoms with Crippen LogP contribution in [0.4, 0.5) is 11.8 Å². The summed E-state index contributed by atoms with van der Waals surface area (Å²) in [5.74, 6) is 2.21. The lowest BCUT2D eigenvalue weighted by molar-refractivity contribution is 0.185. The van der Waals surface area contributed by atoms with Crippen molar-refractivity contribution in [2.24, 2.45) is 0 Å². The number of pyridine rings is 1. The van der Waals surface area contributed by atoms with E-state index in [-0.39, 0.29) is 0 Å². The van der Waals surface area contributed by atoms with Crippen LogP contribution in [0, 0.1) is 6.92 Å². The molecule has 0 amide bonds. The second-order valence-electron chi connectivity index (χ2n) is 7.87. The molecule has 1 unspecified atom stereocenters. The number of aromatic amines is 1. The number of aromatic nitrogens is 5. The summed E-state index contributed by atoms with van der Waals surface area (Å²) in [6.45, 7) is 8.34. The molecule has 3 N–H and O–H groups in total. The summed E-state index contributed by atoms with van der Waals surface area (Å²) in [6.07, 6.45) is 3.64. The Morgan fingerprint density at radius 1 is 1.00 bits per heavy atom. The molecule has 1 aliphatic heterocycles. The van der Waals surface area contributed by atoms with E-state index >= 15 is 0 Å². The zero-order chi connectivity index (χ0) is 21.2. The molecule has 31 heavy (non-hydrogen) atoms. The van der Waals surface area contributed by atoms with Crippen molar-refractivity contribution in [3.05, 3.63) is 60.2 Å². The average molecular weight is 415 g/mol. The van der Waals surface area contributed by atoms with E-state index in [9.17, 15) is 0 Å². The molecule has 1 atom stereocenters. The van der Waals surface area contributed by atoms with Gasteiger partial charge in [0.15, 0.2) is 0 Å². The summed E-state index contributed by atoms with van der Waals surface area (Å²) in [5.41, 5.74) is 5.01. The van der Waals surface area contributed by atoms with Crippen LogP contribution in [0.25, 0.3) is 22.3 Å². The Kier molecular flexibility index (Phi) is 5.31. The number of hydrogen-bond acceptors (Lipinski definition) is 7. The zero-order valence-corrected chi connectivity index (χ0v) is 17.8. The minimum absolute atomic E-state index is 0.347. The number of imidazole rings is 1. The third-order valence-electron chi connectivity index (χ3n) is 5.77. The second-order valence-corrected chi connectivity index (χ2v) is 7.87. The number of benzene rings is 1. The maximum atomic E-state index is 4.67. The normalized spacial score (nSPS) is 15.8. The van der Waals surface area contributed by atoms with Crippen LogP contribution in [0.15, 0.2) is 48.8 Å². The summed E-state index contributed by atoms with van der Waals surface area (Å²) >= 11 is 0. The van der Waals surface area contributed by atoms with Crippen LogP contribution in [0.1, 0.15) is 24.4 Å². The van der Waals surface area contributed by atoms with Crippen molar-refractivity contribution < 1.29 is 0 Å². The van der Waals surface area contributed by atoms with Crippen molar-refractivity contribution in [2.45, 2.75) is 19.9 Å². The molecule has 0 spiro atoms. The largest absolute Gasteiger partial charge is 0.324 e. The Hall–Kier alpha value is -3.36. The van der Waals surface area contributed by atoms with Crippen LogP contribution >= 0.6 is 0 Å². The van der Waals surface area contributed by atoms with Crippen LogP contribution in [0.2, 0.25) is 0 Å².